The third-order valence-electron chi connectivity index (χ3n) is 4.84. The van der Waals surface area contributed by atoms with E-state index < -0.39 is 0 Å². The van der Waals surface area contributed by atoms with E-state index in [2.05, 4.69) is 15.8 Å². The van der Waals surface area contributed by atoms with Crippen LogP contribution in [0.5, 0.6) is 17.2 Å². The van der Waals surface area contributed by atoms with Gasteiger partial charge in [0.15, 0.2) is 11.5 Å². The average molecular weight is 375 g/mol. The average Bonchev–Trinajstić information content (AvgIpc) is 2.69. The van der Waals surface area contributed by atoms with Gasteiger partial charge in [0.1, 0.15) is 5.71 Å². The van der Waals surface area contributed by atoms with Crippen LogP contribution in [-0.2, 0) is 9.59 Å². The van der Waals surface area contributed by atoms with Crippen molar-refractivity contribution in [3.63, 3.8) is 0 Å². The second-order valence-electron chi connectivity index (χ2n) is 6.65. The minimum Gasteiger partial charge on any atom is -0.493 e. The number of hydrazone groups is 1. The lowest BCUT2D eigenvalue weighted by Crippen LogP contribution is -2.44. The van der Waals surface area contributed by atoms with Gasteiger partial charge >= 0.3 is 0 Å². The first-order valence-corrected chi connectivity index (χ1v) is 9.14. The molecule has 27 heavy (non-hydrogen) atoms. The lowest BCUT2D eigenvalue weighted by molar-refractivity contribution is -0.121. The normalized spacial score (nSPS) is 22.3. The molecule has 2 aliphatic rings. The summed E-state index contributed by atoms with van der Waals surface area (Å²) < 4.78 is 16.8. The van der Waals surface area contributed by atoms with Crippen LogP contribution in [0.25, 0.3) is 0 Å². The molecule has 2 N–H and O–H groups in total. The number of carbonyl (C=O) groups is 2. The Morgan fingerprint density at radius 2 is 1.85 bits per heavy atom. The number of rotatable bonds is 6. The van der Waals surface area contributed by atoms with Crippen LogP contribution in [0.15, 0.2) is 23.3 Å². The van der Waals surface area contributed by atoms with Crippen molar-refractivity contribution in [1.29, 1.82) is 0 Å². The first-order chi connectivity index (χ1) is 13.1. The molecule has 1 aliphatic carbocycles. The number of nitrogens with zero attached hydrogens (tertiary/aromatic N) is 1. The van der Waals surface area contributed by atoms with Crippen LogP contribution in [0.3, 0.4) is 0 Å². The Kier molecular flexibility index (Phi) is 6.16. The van der Waals surface area contributed by atoms with E-state index in [0.717, 1.165) is 25.7 Å². The highest BCUT2D eigenvalue weighted by molar-refractivity contribution is 6.39. The zero-order chi connectivity index (χ0) is 19.2. The molecule has 0 bridgehead atoms. The molecule has 1 aromatic carbocycles. The van der Waals surface area contributed by atoms with E-state index in [0.29, 0.717) is 35.8 Å². The summed E-state index contributed by atoms with van der Waals surface area (Å²) in [6.45, 7) is 0. The Morgan fingerprint density at radius 3 is 2.48 bits per heavy atom. The summed E-state index contributed by atoms with van der Waals surface area (Å²) in [7, 11) is 3.19. The van der Waals surface area contributed by atoms with E-state index in [1.165, 1.54) is 0 Å². The lowest BCUT2D eigenvalue weighted by atomic mass is 9.92. The maximum atomic E-state index is 12.2. The molecular weight excluding hydrogens is 350 g/mol. The highest BCUT2D eigenvalue weighted by Gasteiger charge is 2.27. The van der Waals surface area contributed by atoms with E-state index in [4.69, 9.17) is 14.2 Å². The number of para-hydroxylation sites is 1. The van der Waals surface area contributed by atoms with Gasteiger partial charge in [-0.05, 0) is 37.8 Å². The molecule has 0 radical (unpaired) electrons. The maximum absolute atomic E-state index is 12.2. The molecule has 1 aromatic rings. The van der Waals surface area contributed by atoms with Crippen molar-refractivity contribution in [2.24, 2.45) is 5.10 Å². The van der Waals surface area contributed by atoms with Crippen molar-refractivity contribution in [2.45, 2.75) is 50.7 Å². The van der Waals surface area contributed by atoms with Crippen LogP contribution >= 0.6 is 0 Å². The fourth-order valence-electron chi connectivity index (χ4n) is 3.36. The maximum Gasteiger partial charge on any atom is 0.267 e. The lowest BCUT2D eigenvalue weighted by Gasteiger charge is -2.30. The SMILES string of the molecule is COc1cccc(OC2CCC(NC(=O)C3=NNC(=O)CC3)CC2)c1OC. The third-order valence-corrected chi connectivity index (χ3v) is 4.84. The topological polar surface area (TPSA) is 98.3 Å². The van der Waals surface area contributed by atoms with Gasteiger partial charge in [0.2, 0.25) is 11.7 Å². The molecule has 1 saturated carbocycles. The van der Waals surface area contributed by atoms with Crippen molar-refractivity contribution in [1.82, 2.24) is 10.7 Å². The van der Waals surface area contributed by atoms with E-state index in [9.17, 15) is 9.59 Å². The number of ether oxygens (including phenoxy) is 3. The van der Waals surface area contributed by atoms with Gasteiger partial charge in [-0.25, -0.2) is 5.43 Å². The van der Waals surface area contributed by atoms with Crippen LogP contribution < -0.4 is 25.0 Å². The van der Waals surface area contributed by atoms with Crippen LogP contribution in [0, 0.1) is 0 Å². The first kappa shape index (κ1) is 19.0. The van der Waals surface area contributed by atoms with Crippen LogP contribution in [0.1, 0.15) is 38.5 Å². The summed E-state index contributed by atoms with van der Waals surface area (Å²) in [4.78, 5) is 23.4. The minimum absolute atomic E-state index is 0.0606. The largest absolute Gasteiger partial charge is 0.493 e. The van der Waals surface area contributed by atoms with Crippen molar-refractivity contribution >= 4 is 17.5 Å². The predicted octanol–water partition coefficient (Wildman–Crippen LogP) is 1.78. The number of amides is 2. The van der Waals surface area contributed by atoms with Gasteiger partial charge in [-0.3, -0.25) is 9.59 Å². The Bertz CT molecular complexity index is 726. The molecule has 8 nitrogen and oxygen atoms in total. The van der Waals surface area contributed by atoms with Gasteiger partial charge < -0.3 is 19.5 Å². The van der Waals surface area contributed by atoms with Crippen molar-refractivity contribution in [2.75, 3.05) is 14.2 Å². The molecule has 0 saturated heterocycles. The van der Waals surface area contributed by atoms with Gasteiger partial charge in [-0.2, -0.15) is 5.10 Å². The zero-order valence-corrected chi connectivity index (χ0v) is 15.6. The Balaban J connectivity index is 1.51. The van der Waals surface area contributed by atoms with Crippen molar-refractivity contribution < 1.29 is 23.8 Å². The molecule has 0 spiro atoms. The molecule has 8 heteroatoms. The smallest absolute Gasteiger partial charge is 0.267 e. The van der Waals surface area contributed by atoms with Crippen LogP contribution in [0.4, 0.5) is 0 Å². The highest BCUT2D eigenvalue weighted by atomic mass is 16.5. The number of nitrogens with one attached hydrogen (secondary N) is 2. The number of methoxy groups -OCH3 is 2. The molecule has 146 valence electrons. The summed E-state index contributed by atoms with van der Waals surface area (Å²) in [6.07, 6.45) is 4.04. The summed E-state index contributed by atoms with van der Waals surface area (Å²) in [5.74, 6) is 1.53. The van der Waals surface area contributed by atoms with Gasteiger partial charge in [0.05, 0.1) is 20.3 Å². The molecule has 1 fully saturated rings. The van der Waals surface area contributed by atoms with Gasteiger partial charge in [0, 0.05) is 18.9 Å². The van der Waals surface area contributed by atoms with Crippen molar-refractivity contribution in [3.05, 3.63) is 18.2 Å². The predicted molar refractivity (Wildman–Crippen MR) is 99.2 cm³/mol. The number of carbonyl (C=O) groups excluding carboxylic acids is 2. The molecule has 1 heterocycles. The molecule has 2 amide bonds. The Labute approximate surface area is 158 Å². The van der Waals surface area contributed by atoms with E-state index in [1.54, 1.807) is 14.2 Å². The Hall–Kier alpha value is -2.77. The molecular formula is C19H25N3O5. The molecule has 0 aromatic heterocycles. The first-order valence-electron chi connectivity index (χ1n) is 9.14. The van der Waals surface area contributed by atoms with Gasteiger partial charge in [-0.15, -0.1) is 0 Å². The highest BCUT2D eigenvalue weighted by Crippen LogP contribution is 2.38. The van der Waals surface area contributed by atoms with Crippen LogP contribution in [0.2, 0.25) is 0 Å². The fourth-order valence-corrected chi connectivity index (χ4v) is 3.36. The number of benzene rings is 1. The van der Waals surface area contributed by atoms with E-state index >= 15 is 0 Å². The molecule has 0 unspecified atom stereocenters. The quantitative estimate of drug-likeness (QED) is 0.790. The number of hydrogen-bond donors (Lipinski definition) is 2. The van der Waals surface area contributed by atoms with E-state index in [-0.39, 0.29) is 24.0 Å². The monoisotopic (exact) mass is 375 g/mol. The summed E-state index contributed by atoms with van der Waals surface area (Å²) in [5.41, 5.74) is 2.73. The second kappa shape index (κ2) is 8.75. The fraction of sp³-hybridized carbons (Fsp3) is 0.526. The summed E-state index contributed by atoms with van der Waals surface area (Å²) >= 11 is 0. The molecule has 1 aliphatic heterocycles. The summed E-state index contributed by atoms with van der Waals surface area (Å²) in [6, 6.07) is 5.65. The molecule has 3 rings (SSSR count). The minimum atomic E-state index is -0.200. The van der Waals surface area contributed by atoms with Gasteiger partial charge in [-0.1, -0.05) is 6.07 Å². The Morgan fingerprint density at radius 1 is 1.11 bits per heavy atom. The zero-order valence-electron chi connectivity index (χ0n) is 15.6. The van der Waals surface area contributed by atoms with Crippen LogP contribution in [-0.4, -0.2) is 43.9 Å². The van der Waals surface area contributed by atoms with E-state index in [1.807, 2.05) is 18.2 Å². The third kappa shape index (κ3) is 4.69. The number of hydrogen-bond acceptors (Lipinski definition) is 6. The van der Waals surface area contributed by atoms with Gasteiger partial charge in [0.25, 0.3) is 5.91 Å². The summed E-state index contributed by atoms with van der Waals surface area (Å²) in [5, 5.41) is 6.84. The standard InChI is InChI=1S/C19H25N3O5/c1-25-15-4-3-5-16(18(15)26-2)27-13-8-6-12(7-9-13)20-19(24)14-10-11-17(23)22-21-14/h3-5,12-13H,6-11H2,1-2H3,(H,20,24)(H,22,23). The second-order valence-corrected chi connectivity index (χ2v) is 6.65. The molecule has 0 atom stereocenters. The van der Waals surface area contributed by atoms with Crippen molar-refractivity contribution in [3.8, 4) is 17.2 Å².